The fourth-order valence-electron chi connectivity index (χ4n) is 1.80. The molecule has 4 heteroatoms. The summed E-state index contributed by atoms with van der Waals surface area (Å²) in [5, 5.41) is 0. The summed E-state index contributed by atoms with van der Waals surface area (Å²) in [6.45, 7) is 1.97. The van der Waals surface area contributed by atoms with Crippen LogP contribution >= 0.6 is 15.9 Å². The first kappa shape index (κ1) is 13.3. The first-order valence-electron chi connectivity index (χ1n) is 5.55. The summed E-state index contributed by atoms with van der Waals surface area (Å²) < 4.78 is 13.2. The Morgan fingerprint density at radius 2 is 1.94 bits per heavy atom. The summed E-state index contributed by atoms with van der Waals surface area (Å²) in [6, 6.07) is 13.4. The van der Waals surface area contributed by atoms with Crippen LogP contribution in [0.2, 0.25) is 0 Å². The van der Waals surface area contributed by atoms with Crippen molar-refractivity contribution in [1.29, 1.82) is 0 Å². The Bertz CT molecular complexity index is 578. The van der Waals surface area contributed by atoms with E-state index in [0.29, 0.717) is 11.4 Å². The van der Waals surface area contributed by atoms with Crippen LogP contribution in [0.5, 0.6) is 0 Å². The average molecular weight is 324 g/mol. The molecule has 0 saturated heterocycles. The van der Waals surface area contributed by atoms with Gasteiger partial charge < -0.3 is 5.73 Å². The molecule has 0 heterocycles. The summed E-state index contributed by atoms with van der Waals surface area (Å²) in [5.41, 5.74) is 8.49. The van der Waals surface area contributed by atoms with Crippen molar-refractivity contribution in [2.45, 2.75) is 17.6 Å². The van der Waals surface area contributed by atoms with Crippen molar-refractivity contribution >= 4 is 32.4 Å². The number of benzene rings is 2. The van der Waals surface area contributed by atoms with Crippen molar-refractivity contribution in [2.75, 3.05) is 5.73 Å². The molecule has 2 nitrogen and oxygen atoms in total. The maximum atomic E-state index is 12.3. The Morgan fingerprint density at radius 1 is 1.22 bits per heavy atom. The van der Waals surface area contributed by atoms with Gasteiger partial charge in [0.1, 0.15) is 0 Å². The zero-order valence-corrected chi connectivity index (χ0v) is 12.4. The molecule has 0 amide bonds. The van der Waals surface area contributed by atoms with E-state index in [1.165, 1.54) is 0 Å². The van der Waals surface area contributed by atoms with Crippen LogP contribution in [0.4, 0.5) is 5.69 Å². The van der Waals surface area contributed by atoms with Gasteiger partial charge in [-0.15, -0.1) is 0 Å². The van der Waals surface area contributed by atoms with Crippen LogP contribution in [0.15, 0.2) is 51.8 Å². The van der Waals surface area contributed by atoms with Crippen molar-refractivity contribution in [3.05, 3.63) is 58.1 Å². The van der Waals surface area contributed by atoms with Gasteiger partial charge in [-0.1, -0.05) is 34.1 Å². The summed E-state index contributed by atoms with van der Waals surface area (Å²) >= 11 is 3.39. The van der Waals surface area contributed by atoms with E-state index in [2.05, 4.69) is 15.9 Å². The molecule has 0 aromatic heterocycles. The van der Waals surface area contributed by atoms with Gasteiger partial charge in [0, 0.05) is 15.1 Å². The van der Waals surface area contributed by atoms with E-state index in [1.807, 2.05) is 49.4 Å². The second kappa shape index (κ2) is 5.67. The molecule has 2 aromatic carbocycles. The Hall–Kier alpha value is -1.13. The van der Waals surface area contributed by atoms with E-state index in [0.717, 1.165) is 20.5 Å². The lowest BCUT2D eigenvalue weighted by molar-refractivity contribution is 0.682. The van der Waals surface area contributed by atoms with Gasteiger partial charge in [0.05, 0.1) is 16.6 Å². The minimum absolute atomic E-state index is 0.481. The van der Waals surface area contributed by atoms with Crippen LogP contribution in [0.1, 0.15) is 11.1 Å². The molecule has 1 atom stereocenters. The fraction of sp³-hybridized carbons (Fsp3) is 0.143. The second-order valence-corrected chi connectivity index (χ2v) is 6.48. The maximum Gasteiger partial charge on any atom is 0.0576 e. The first-order valence-corrected chi connectivity index (χ1v) is 7.66. The Labute approximate surface area is 118 Å². The molecule has 0 saturated carbocycles. The summed E-state index contributed by atoms with van der Waals surface area (Å²) in [5.74, 6) is 0.481. The third-order valence-corrected chi connectivity index (χ3v) is 4.62. The average Bonchev–Trinajstić information content (AvgIpc) is 2.27. The minimum Gasteiger partial charge on any atom is -0.399 e. The number of nitrogen functional groups attached to an aromatic ring is 1. The van der Waals surface area contributed by atoms with Crippen LogP contribution in [0.3, 0.4) is 0 Å². The van der Waals surface area contributed by atoms with Crippen LogP contribution < -0.4 is 5.73 Å². The van der Waals surface area contributed by atoms with Crippen molar-refractivity contribution in [3.63, 3.8) is 0 Å². The molecular weight excluding hydrogens is 310 g/mol. The number of hydrogen-bond acceptors (Lipinski definition) is 2. The Balaban J connectivity index is 2.24. The van der Waals surface area contributed by atoms with Gasteiger partial charge in [0.25, 0.3) is 0 Å². The molecule has 0 spiro atoms. The molecule has 2 N–H and O–H groups in total. The van der Waals surface area contributed by atoms with Crippen molar-refractivity contribution in [3.8, 4) is 0 Å². The van der Waals surface area contributed by atoms with E-state index < -0.39 is 10.8 Å². The predicted octanol–water partition coefficient (Wildman–Crippen LogP) is 3.65. The van der Waals surface area contributed by atoms with Crippen molar-refractivity contribution in [1.82, 2.24) is 0 Å². The molecule has 0 fully saturated rings. The van der Waals surface area contributed by atoms with Crippen molar-refractivity contribution in [2.24, 2.45) is 0 Å². The Morgan fingerprint density at radius 3 is 2.61 bits per heavy atom. The number of anilines is 1. The van der Waals surface area contributed by atoms with Crippen molar-refractivity contribution < 1.29 is 4.21 Å². The molecule has 0 aliphatic heterocycles. The van der Waals surface area contributed by atoms with Gasteiger partial charge in [-0.2, -0.15) is 0 Å². The van der Waals surface area contributed by atoms with Gasteiger partial charge >= 0.3 is 0 Å². The molecule has 0 aliphatic rings. The van der Waals surface area contributed by atoms with Crippen LogP contribution in [0.25, 0.3) is 0 Å². The maximum absolute atomic E-state index is 12.3. The van der Waals surface area contributed by atoms with Crippen LogP contribution in [-0.4, -0.2) is 4.21 Å². The monoisotopic (exact) mass is 323 g/mol. The van der Waals surface area contributed by atoms with E-state index >= 15 is 0 Å². The van der Waals surface area contributed by atoms with Crippen LogP contribution in [0, 0.1) is 6.92 Å². The molecule has 0 radical (unpaired) electrons. The smallest absolute Gasteiger partial charge is 0.0576 e. The molecule has 0 bridgehead atoms. The van der Waals surface area contributed by atoms with Gasteiger partial charge in [0.2, 0.25) is 0 Å². The molecular formula is C14H14BrNOS. The van der Waals surface area contributed by atoms with E-state index in [4.69, 9.17) is 5.73 Å². The highest BCUT2D eigenvalue weighted by atomic mass is 79.9. The van der Waals surface area contributed by atoms with E-state index in [9.17, 15) is 4.21 Å². The molecule has 0 aliphatic carbocycles. The van der Waals surface area contributed by atoms with Gasteiger partial charge in [-0.25, -0.2) is 0 Å². The highest BCUT2D eigenvalue weighted by molar-refractivity contribution is 9.10. The topological polar surface area (TPSA) is 43.1 Å². The quantitative estimate of drug-likeness (QED) is 0.876. The normalized spacial score (nSPS) is 12.3. The molecule has 2 rings (SSSR count). The highest BCUT2D eigenvalue weighted by Gasteiger charge is 2.08. The Kier molecular flexibility index (Phi) is 4.19. The molecule has 2 aromatic rings. The highest BCUT2D eigenvalue weighted by Crippen LogP contribution is 2.21. The number of rotatable bonds is 3. The predicted molar refractivity (Wildman–Crippen MR) is 79.8 cm³/mol. The number of hydrogen-bond donors (Lipinski definition) is 1. The third-order valence-electron chi connectivity index (χ3n) is 2.62. The number of nitrogens with two attached hydrogens (primary N) is 1. The van der Waals surface area contributed by atoms with Gasteiger partial charge in [-0.05, 0) is 42.3 Å². The lowest BCUT2D eigenvalue weighted by Crippen LogP contribution is -1.99. The summed E-state index contributed by atoms with van der Waals surface area (Å²) in [7, 11) is -1.04. The SMILES string of the molecule is Cc1ccccc1S(=O)Cc1cc(N)cc(Br)c1. The third kappa shape index (κ3) is 3.21. The standard InChI is InChI=1S/C14H14BrNOS/c1-10-4-2-3-5-14(10)18(17)9-11-6-12(15)8-13(16)7-11/h2-8H,9,16H2,1H3. The molecule has 94 valence electrons. The molecule has 1 unspecified atom stereocenters. The van der Waals surface area contributed by atoms with E-state index in [-0.39, 0.29) is 0 Å². The lowest BCUT2D eigenvalue weighted by atomic mass is 10.2. The largest absolute Gasteiger partial charge is 0.399 e. The summed E-state index contributed by atoms with van der Waals surface area (Å²) in [4.78, 5) is 0.885. The molecule has 18 heavy (non-hydrogen) atoms. The second-order valence-electron chi connectivity index (χ2n) is 4.15. The van der Waals surface area contributed by atoms with Gasteiger partial charge in [0.15, 0.2) is 0 Å². The zero-order valence-electron chi connectivity index (χ0n) is 10.0. The van der Waals surface area contributed by atoms with Gasteiger partial charge in [-0.3, -0.25) is 4.21 Å². The lowest BCUT2D eigenvalue weighted by Gasteiger charge is -2.07. The fourth-order valence-corrected chi connectivity index (χ4v) is 3.64. The van der Waals surface area contributed by atoms with E-state index in [1.54, 1.807) is 0 Å². The number of halogens is 1. The minimum atomic E-state index is -1.04. The number of aryl methyl sites for hydroxylation is 1. The summed E-state index contributed by atoms with van der Waals surface area (Å²) in [6.07, 6.45) is 0. The first-order chi connectivity index (χ1) is 8.56. The van der Waals surface area contributed by atoms with Crippen LogP contribution in [-0.2, 0) is 16.6 Å². The zero-order chi connectivity index (χ0) is 13.1.